The van der Waals surface area contributed by atoms with Gasteiger partial charge in [-0.25, -0.2) is 9.79 Å². The lowest BCUT2D eigenvalue weighted by Crippen LogP contribution is -2.28. The molecule has 1 aliphatic rings. The second kappa shape index (κ2) is 12.0. The number of rotatable bonds is 9. The van der Waals surface area contributed by atoms with E-state index in [9.17, 15) is 24.8 Å². The number of ether oxygens (including phenoxy) is 2. The van der Waals surface area contributed by atoms with Crippen molar-refractivity contribution >= 4 is 57.9 Å². The number of aromatic carboxylic acids is 1. The topological polar surface area (TPSA) is 132 Å². The van der Waals surface area contributed by atoms with Gasteiger partial charge in [-0.3, -0.25) is 19.8 Å². The van der Waals surface area contributed by atoms with Gasteiger partial charge in [-0.2, -0.15) is 0 Å². The summed E-state index contributed by atoms with van der Waals surface area (Å²) in [6, 6.07) is 15.5. The van der Waals surface area contributed by atoms with Gasteiger partial charge in [0.1, 0.15) is 6.61 Å². The number of thioether (sulfide) groups is 1. The van der Waals surface area contributed by atoms with Crippen LogP contribution in [0.15, 0.2) is 70.6 Å². The minimum atomic E-state index is -1.06. The van der Waals surface area contributed by atoms with E-state index in [0.717, 1.165) is 0 Å². The number of carboxylic acid groups (broad SMARTS) is 1. The highest BCUT2D eigenvalue weighted by Gasteiger charge is 2.32. The lowest BCUT2D eigenvalue weighted by molar-refractivity contribution is -0.384. The third kappa shape index (κ3) is 6.39. The largest absolute Gasteiger partial charge is 0.493 e. The van der Waals surface area contributed by atoms with Crippen molar-refractivity contribution in [2.45, 2.75) is 13.5 Å². The second-order valence-electron chi connectivity index (χ2n) is 8.16. The van der Waals surface area contributed by atoms with Crippen molar-refractivity contribution < 1.29 is 29.1 Å². The number of non-ortho nitro benzene ring substituents is 1. The zero-order chi connectivity index (χ0) is 28.1. The van der Waals surface area contributed by atoms with Gasteiger partial charge in [-0.1, -0.05) is 17.7 Å². The number of halogens is 1. The van der Waals surface area contributed by atoms with Crippen LogP contribution < -0.4 is 9.47 Å². The van der Waals surface area contributed by atoms with Crippen molar-refractivity contribution in [2.75, 3.05) is 13.7 Å². The molecule has 3 aromatic rings. The summed E-state index contributed by atoms with van der Waals surface area (Å²) in [5.74, 6) is -0.672. The standard InChI is InChI=1S/C27H22ClN3O7S/c1-3-30-25(32)23(39-27(30)29-19-6-4-5-18(14-19)26(33)34)13-17-11-21(28)24(22(12-17)37-2)38-15-16-7-9-20(10-8-16)31(35)36/h4-14H,3,15H2,1-2H3,(H,33,34). The molecule has 0 unspecified atom stereocenters. The molecular formula is C27H22ClN3O7S. The molecule has 0 bridgehead atoms. The normalized spacial score (nSPS) is 15.2. The minimum absolute atomic E-state index is 0.0188. The smallest absolute Gasteiger partial charge is 0.335 e. The summed E-state index contributed by atoms with van der Waals surface area (Å²) in [5, 5.41) is 20.8. The monoisotopic (exact) mass is 567 g/mol. The number of amides is 1. The fourth-order valence-electron chi connectivity index (χ4n) is 3.67. The molecule has 12 heteroatoms. The van der Waals surface area contributed by atoms with E-state index in [4.69, 9.17) is 21.1 Å². The third-order valence-electron chi connectivity index (χ3n) is 5.60. The SMILES string of the molecule is CCN1C(=O)C(=Cc2cc(Cl)c(OCc3ccc([N+](=O)[O-])cc3)c(OC)c2)SC1=Nc1cccc(C(=O)O)c1. The predicted octanol–water partition coefficient (Wildman–Crippen LogP) is 6.16. The predicted molar refractivity (Wildman–Crippen MR) is 149 cm³/mol. The number of hydrogen-bond donors (Lipinski definition) is 1. The Morgan fingerprint density at radius 3 is 2.59 bits per heavy atom. The zero-order valence-electron chi connectivity index (χ0n) is 20.8. The van der Waals surface area contributed by atoms with Gasteiger partial charge in [0.2, 0.25) is 0 Å². The average molecular weight is 568 g/mol. The van der Waals surface area contributed by atoms with Gasteiger partial charge < -0.3 is 14.6 Å². The Hall–Kier alpha value is -4.35. The van der Waals surface area contributed by atoms with Crippen LogP contribution in [0.2, 0.25) is 5.02 Å². The zero-order valence-corrected chi connectivity index (χ0v) is 22.4. The first-order valence-electron chi connectivity index (χ1n) is 11.6. The number of nitro groups is 1. The van der Waals surface area contributed by atoms with E-state index in [1.165, 1.54) is 48.0 Å². The van der Waals surface area contributed by atoms with Gasteiger partial charge in [0.15, 0.2) is 16.7 Å². The minimum Gasteiger partial charge on any atom is -0.493 e. The summed E-state index contributed by atoms with van der Waals surface area (Å²) in [7, 11) is 1.46. The van der Waals surface area contributed by atoms with Crippen LogP contribution in [0.25, 0.3) is 6.08 Å². The van der Waals surface area contributed by atoms with Crippen LogP contribution >= 0.6 is 23.4 Å². The average Bonchev–Trinajstić information content (AvgIpc) is 3.21. The van der Waals surface area contributed by atoms with E-state index < -0.39 is 10.9 Å². The van der Waals surface area contributed by atoms with Gasteiger partial charge in [0.25, 0.3) is 11.6 Å². The lowest BCUT2D eigenvalue weighted by Gasteiger charge is -2.14. The van der Waals surface area contributed by atoms with E-state index in [1.807, 2.05) is 6.92 Å². The number of carbonyl (C=O) groups is 2. The lowest BCUT2D eigenvalue weighted by atomic mass is 10.1. The maximum absolute atomic E-state index is 13.1. The Morgan fingerprint density at radius 1 is 1.21 bits per heavy atom. The Balaban J connectivity index is 1.57. The Kier molecular flexibility index (Phi) is 8.52. The highest BCUT2D eigenvalue weighted by Crippen LogP contribution is 2.40. The van der Waals surface area contributed by atoms with E-state index in [0.29, 0.717) is 44.9 Å². The van der Waals surface area contributed by atoms with Gasteiger partial charge in [-0.05, 0) is 78.4 Å². The van der Waals surface area contributed by atoms with E-state index >= 15 is 0 Å². The molecule has 0 radical (unpaired) electrons. The van der Waals surface area contributed by atoms with E-state index in [1.54, 1.807) is 42.5 Å². The van der Waals surface area contributed by atoms with Gasteiger partial charge >= 0.3 is 5.97 Å². The van der Waals surface area contributed by atoms with Crippen molar-refractivity contribution in [3.05, 3.63) is 97.4 Å². The Morgan fingerprint density at radius 2 is 1.95 bits per heavy atom. The van der Waals surface area contributed by atoms with E-state index in [2.05, 4.69) is 4.99 Å². The molecule has 1 heterocycles. The summed E-state index contributed by atoms with van der Waals surface area (Å²) < 4.78 is 11.3. The molecule has 0 atom stereocenters. The molecule has 200 valence electrons. The fraction of sp³-hybridized carbons (Fsp3) is 0.148. The van der Waals surface area contributed by atoms with Crippen LogP contribution in [0.4, 0.5) is 11.4 Å². The number of hydrogen-bond acceptors (Lipinski definition) is 8. The van der Waals surface area contributed by atoms with E-state index in [-0.39, 0.29) is 28.8 Å². The van der Waals surface area contributed by atoms with Crippen LogP contribution in [-0.4, -0.2) is 45.6 Å². The van der Waals surface area contributed by atoms with Crippen LogP contribution in [0.3, 0.4) is 0 Å². The molecule has 1 N–H and O–H groups in total. The van der Waals surface area contributed by atoms with Crippen LogP contribution in [0.5, 0.6) is 11.5 Å². The maximum atomic E-state index is 13.1. The molecule has 0 aliphatic carbocycles. The summed E-state index contributed by atoms with van der Waals surface area (Å²) in [6.07, 6.45) is 1.67. The number of carbonyl (C=O) groups excluding carboxylic acids is 1. The molecule has 10 nitrogen and oxygen atoms in total. The molecule has 1 amide bonds. The number of aliphatic imine (C=N–C) groups is 1. The summed E-state index contributed by atoms with van der Waals surface area (Å²) >= 11 is 7.67. The van der Waals surface area contributed by atoms with Crippen molar-refractivity contribution in [2.24, 2.45) is 4.99 Å². The number of methoxy groups -OCH3 is 1. The van der Waals surface area contributed by atoms with Crippen LogP contribution in [0.1, 0.15) is 28.4 Å². The van der Waals surface area contributed by atoms with Crippen LogP contribution in [-0.2, 0) is 11.4 Å². The molecule has 1 saturated heterocycles. The summed E-state index contributed by atoms with van der Waals surface area (Å²) in [5.41, 5.74) is 1.81. The summed E-state index contributed by atoms with van der Waals surface area (Å²) in [6.45, 7) is 2.30. The Bertz CT molecular complexity index is 1510. The number of benzene rings is 3. The van der Waals surface area contributed by atoms with Crippen molar-refractivity contribution in [1.82, 2.24) is 4.90 Å². The third-order valence-corrected chi connectivity index (χ3v) is 6.89. The first-order chi connectivity index (χ1) is 18.7. The second-order valence-corrected chi connectivity index (χ2v) is 9.57. The van der Waals surface area contributed by atoms with Crippen LogP contribution in [0, 0.1) is 10.1 Å². The molecule has 4 rings (SSSR count). The molecule has 0 spiro atoms. The maximum Gasteiger partial charge on any atom is 0.335 e. The molecule has 1 aliphatic heterocycles. The molecule has 3 aromatic carbocycles. The van der Waals surface area contributed by atoms with Gasteiger partial charge in [-0.15, -0.1) is 0 Å². The molecular weight excluding hydrogens is 546 g/mol. The molecule has 0 aromatic heterocycles. The summed E-state index contributed by atoms with van der Waals surface area (Å²) in [4.78, 5) is 41.2. The highest BCUT2D eigenvalue weighted by atomic mass is 35.5. The molecule has 39 heavy (non-hydrogen) atoms. The molecule has 0 saturated carbocycles. The van der Waals surface area contributed by atoms with Crippen molar-refractivity contribution in [3.8, 4) is 11.5 Å². The van der Waals surface area contributed by atoms with Gasteiger partial charge in [0, 0.05) is 18.7 Å². The van der Waals surface area contributed by atoms with Crippen molar-refractivity contribution in [3.63, 3.8) is 0 Å². The fourth-order valence-corrected chi connectivity index (χ4v) is 5.01. The number of carboxylic acids is 1. The molecule has 1 fully saturated rings. The quantitative estimate of drug-likeness (QED) is 0.185. The number of amidine groups is 1. The highest BCUT2D eigenvalue weighted by molar-refractivity contribution is 8.18. The number of nitro benzene ring substituents is 1. The Labute approximate surface area is 232 Å². The first-order valence-corrected chi connectivity index (χ1v) is 12.8. The number of likely N-dealkylation sites (N-methyl/N-ethyl adjacent to an activating group) is 1. The van der Waals surface area contributed by atoms with Gasteiger partial charge in [0.05, 0.1) is 33.2 Å². The first kappa shape index (κ1) is 27.7. The number of nitrogens with zero attached hydrogens (tertiary/aromatic N) is 3. The van der Waals surface area contributed by atoms with Crippen molar-refractivity contribution in [1.29, 1.82) is 0 Å².